The van der Waals surface area contributed by atoms with E-state index in [-0.39, 0.29) is 23.6 Å². The SMILES string of the molecule is COc1cc(OC)c(C(=O)OCc2cccc([N+](=O)[O-])c2)cc1OC. The molecule has 0 saturated carbocycles. The molecule has 0 saturated heterocycles. The maximum Gasteiger partial charge on any atom is 0.342 e. The van der Waals surface area contributed by atoms with Gasteiger partial charge in [0.25, 0.3) is 5.69 Å². The van der Waals surface area contributed by atoms with Crippen LogP contribution in [0.15, 0.2) is 36.4 Å². The molecule has 0 aliphatic rings. The number of carbonyl (C=O) groups is 1. The number of esters is 1. The van der Waals surface area contributed by atoms with E-state index in [1.54, 1.807) is 6.07 Å². The standard InChI is InChI=1S/C17H17NO7/c1-22-14-9-16(24-3)15(23-2)8-13(14)17(19)25-10-11-5-4-6-12(7-11)18(20)21/h4-9H,10H2,1-3H3. The second-order valence-corrected chi connectivity index (χ2v) is 4.91. The van der Waals surface area contributed by atoms with Gasteiger partial charge in [0.05, 0.1) is 26.3 Å². The van der Waals surface area contributed by atoms with Crippen molar-refractivity contribution in [2.45, 2.75) is 6.61 Å². The highest BCUT2D eigenvalue weighted by atomic mass is 16.6. The molecule has 0 aromatic heterocycles. The largest absolute Gasteiger partial charge is 0.496 e. The van der Waals surface area contributed by atoms with Crippen molar-refractivity contribution in [3.63, 3.8) is 0 Å². The van der Waals surface area contributed by atoms with Crippen LogP contribution in [0.2, 0.25) is 0 Å². The zero-order valence-electron chi connectivity index (χ0n) is 14.0. The van der Waals surface area contributed by atoms with E-state index in [0.717, 1.165) is 0 Å². The average molecular weight is 347 g/mol. The number of hydrogen-bond donors (Lipinski definition) is 0. The summed E-state index contributed by atoms with van der Waals surface area (Å²) in [7, 11) is 4.33. The van der Waals surface area contributed by atoms with E-state index in [2.05, 4.69) is 0 Å². The molecule has 8 heteroatoms. The number of carbonyl (C=O) groups excluding carboxylic acids is 1. The van der Waals surface area contributed by atoms with Gasteiger partial charge in [0.15, 0.2) is 11.5 Å². The molecule has 0 aliphatic heterocycles. The molecule has 25 heavy (non-hydrogen) atoms. The zero-order valence-corrected chi connectivity index (χ0v) is 14.0. The third-order valence-electron chi connectivity index (χ3n) is 3.42. The van der Waals surface area contributed by atoms with Crippen molar-refractivity contribution in [2.24, 2.45) is 0 Å². The fourth-order valence-electron chi connectivity index (χ4n) is 2.18. The predicted octanol–water partition coefficient (Wildman–Crippen LogP) is 2.98. The smallest absolute Gasteiger partial charge is 0.342 e. The van der Waals surface area contributed by atoms with Crippen LogP contribution in [-0.2, 0) is 11.3 Å². The number of rotatable bonds is 7. The second-order valence-electron chi connectivity index (χ2n) is 4.91. The first-order valence-electron chi connectivity index (χ1n) is 7.20. The summed E-state index contributed by atoms with van der Waals surface area (Å²) in [5, 5.41) is 10.8. The molecule has 2 aromatic rings. The van der Waals surface area contributed by atoms with Gasteiger partial charge in [-0.3, -0.25) is 10.1 Å². The third-order valence-corrected chi connectivity index (χ3v) is 3.42. The highest BCUT2D eigenvalue weighted by molar-refractivity contribution is 5.93. The van der Waals surface area contributed by atoms with Gasteiger partial charge < -0.3 is 18.9 Å². The van der Waals surface area contributed by atoms with Crippen LogP contribution in [0.1, 0.15) is 15.9 Å². The number of ether oxygens (including phenoxy) is 4. The molecular weight excluding hydrogens is 330 g/mol. The zero-order chi connectivity index (χ0) is 18.4. The summed E-state index contributed by atoms with van der Waals surface area (Å²) < 4.78 is 20.7. The van der Waals surface area contributed by atoms with E-state index in [1.165, 1.54) is 51.7 Å². The van der Waals surface area contributed by atoms with Gasteiger partial charge in [-0.25, -0.2) is 4.79 Å². The molecule has 0 spiro atoms. The fourth-order valence-corrected chi connectivity index (χ4v) is 2.18. The van der Waals surface area contributed by atoms with Gasteiger partial charge in [0.1, 0.15) is 17.9 Å². The van der Waals surface area contributed by atoms with Crippen LogP contribution in [-0.4, -0.2) is 32.2 Å². The Morgan fingerprint density at radius 3 is 2.24 bits per heavy atom. The van der Waals surface area contributed by atoms with E-state index in [9.17, 15) is 14.9 Å². The molecule has 0 aliphatic carbocycles. The summed E-state index contributed by atoms with van der Waals surface area (Å²) in [5.74, 6) is 0.381. The number of methoxy groups -OCH3 is 3. The van der Waals surface area contributed by atoms with Crippen molar-refractivity contribution in [1.29, 1.82) is 0 Å². The van der Waals surface area contributed by atoms with Crippen molar-refractivity contribution < 1.29 is 28.7 Å². The molecule has 0 unspecified atom stereocenters. The number of non-ortho nitro benzene ring substituents is 1. The first-order chi connectivity index (χ1) is 12.0. The molecule has 0 fully saturated rings. The molecule has 0 bridgehead atoms. The Bertz CT molecular complexity index is 789. The predicted molar refractivity (Wildman–Crippen MR) is 88.3 cm³/mol. The van der Waals surface area contributed by atoms with E-state index in [0.29, 0.717) is 17.1 Å². The van der Waals surface area contributed by atoms with Crippen molar-refractivity contribution in [3.05, 3.63) is 57.6 Å². The lowest BCUT2D eigenvalue weighted by atomic mass is 10.1. The Balaban J connectivity index is 2.20. The van der Waals surface area contributed by atoms with Crippen LogP contribution in [0.4, 0.5) is 5.69 Å². The highest BCUT2D eigenvalue weighted by Crippen LogP contribution is 2.35. The molecule has 0 amide bonds. The summed E-state index contributed by atoms with van der Waals surface area (Å²) in [6.45, 7) is -0.113. The minimum atomic E-state index is -0.649. The van der Waals surface area contributed by atoms with Gasteiger partial charge in [-0.15, -0.1) is 0 Å². The Morgan fingerprint density at radius 2 is 1.64 bits per heavy atom. The van der Waals surface area contributed by atoms with Crippen LogP contribution in [0.25, 0.3) is 0 Å². The number of benzene rings is 2. The molecule has 0 atom stereocenters. The molecule has 2 rings (SSSR count). The van der Waals surface area contributed by atoms with Crippen LogP contribution >= 0.6 is 0 Å². The Kier molecular flexibility index (Phi) is 5.78. The topological polar surface area (TPSA) is 97.1 Å². The van der Waals surface area contributed by atoms with Gasteiger partial charge >= 0.3 is 5.97 Å². The first-order valence-corrected chi connectivity index (χ1v) is 7.20. The summed E-state index contributed by atoms with van der Waals surface area (Å²) in [6, 6.07) is 8.84. The van der Waals surface area contributed by atoms with E-state index in [4.69, 9.17) is 18.9 Å². The average Bonchev–Trinajstić information content (AvgIpc) is 2.64. The van der Waals surface area contributed by atoms with E-state index >= 15 is 0 Å². The summed E-state index contributed by atoms with van der Waals surface area (Å²) in [4.78, 5) is 22.6. The fraction of sp³-hybridized carbons (Fsp3) is 0.235. The van der Waals surface area contributed by atoms with Crippen molar-refractivity contribution in [3.8, 4) is 17.2 Å². The number of hydrogen-bond acceptors (Lipinski definition) is 7. The molecule has 0 radical (unpaired) electrons. The van der Waals surface area contributed by atoms with Gasteiger partial charge in [-0.05, 0) is 5.56 Å². The third kappa shape index (κ3) is 4.17. The minimum absolute atomic E-state index is 0.0720. The lowest BCUT2D eigenvalue weighted by Gasteiger charge is -2.13. The van der Waals surface area contributed by atoms with Crippen molar-refractivity contribution in [1.82, 2.24) is 0 Å². The van der Waals surface area contributed by atoms with Crippen LogP contribution in [0, 0.1) is 10.1 Å². The monoisotopic (exact) mass is 347 g/mol. The molecule has 8 nitrogen and oxygen atoms in total. The summed E-state index contributed by atoms with van der Waals surface area (Å²) in [5.41, 5.74) is 0.588. The van der Waals surface area contributed by atoms with Gasteiger partial charge in [0.2, 0.25) is 0 Å². The van der Waals surface area contributed by atoms with Crippen molar-refractivity contribution in [2.75, 3.05) is 21.3 Å². The van der Waals surface area contributed by atoms with Crippen LogP contribution < -0.4 is 14.2 Å². The summed E-state index contributed by atoms with van der Waals surface area (Å²) >= 11 is 0. The number of nitro groups is 1. The van der Waals surface area contributed by atoms with Crippen molar-refractivity contribution >= 4 is 11.7 Å². The Morgan fingerprint density at radius 1 is 1.00 bits per heavy atom. The quantitative estimate of drug-likeness (QED) is 0.431. The van der Waals surface area contributed by atoms with Gasteiger partial charge in [-0.2, -0.15) is 0 Å². The number of nitrogens with zero attached hydrogens (tertiary/aromatic N) is 1. The molecule has 132 valence electrons. The Labute approximate surface area is 144 Å². The van der Waals surface area contributed by atoms with E-state index < -0.39 is 10.9 Å². The van der Waals surface area contributed by atoms with E-state index in [1.807, 2.05) is 0 Å². The van der Waals surface area contributed by atoms with Gasteiger partial charge in [0, 0.05) is 24.3 Å². The van der Waals surface area contributed by atoms with Gasteiger partial charge in [-0.1, -0.05) is 12.1 Å². The Hall–Kier alpha value is -3.29. The number of nitro benzene ring substituents is 1. The molecule has 0 heterocycles. The van der Waals surface area contributed by atoms with Crippen LogP contribution in [0.5, 0.6) is 17.2 Å². The first kappa shape index (κ1) is 18.1. The molecular formula is C17H17NO7. The lowest BCUT2D eigenvalue weighted by Crippen LogP contribution is -2.08. The van der Waals surface area contributed by atoms with Crippen LogP contribution in [0.3, 0.4) is 0 Å². The normalized spacial score (nSPS) is 10.0. The maximum atomic E-state index is 12.4. The molecule has 2 aromatic carbocycles. The minimum Gasteiger partial charge on any atom is -0.496 e. The molecule has 0 N–H and O–H groups in total. The second kappa shape index (κ2) is 8.00. The highest BCUT2D eigenvalue weighted by Gasteiger charge is 2.19. The maximum absolute atomic E-state index is 12.4. The summed E-state index contributed by atoms with van der Waals surface area (Å²) in [6.07, 6.45) is 0. The lowest BCUT2D eigenvalue weighted by molar-refractivity contribution is -0.384.